The Bertz CT molecular complexity index is 244. The third kappa shape index (κ3) is 6.58. The lowest BCUT2D eigenvalue weighted by Gasteiger charge is -2.30. The Morgan fingerprint density at radius 2 is 1.68 bits per heavy atom. The fourth-order valence-electron chi connectivity index (χ4n) is 3.81. The maximum Gasteiger partial charge on any atom is 0.133 e. The fraction of sp³-hybridized carbons (Fsp3) is 0.944. The van der Waals surface area contributed by atoms with E-state index in [2.05, 4.69) is 20.8 Å². The van der Waals surface area contributed by atoms with Crippen molar-refractivity contribution in [2.24, 2.45) is 17.8 Å². The van der Waals surface area contributed by atoms with Gasteiger partial charge in [0.15, 0.2) is 0 Å². The Kier molecular flexibility index (Phi) is 8.41. The number of hydrogen-bond donors (Lipinski definition) is 0. The Balaban J connectivity index is 0.000000200. The van der Waals surface area contributed by atoms with Crippen molar-refractivity contribution in [1.82, 2.24) is 0 Å². The van der Waals surface area contributed by atoms with Crippen LogP contribution in [0.25, 0.3) is 0 Å². The second kappa shape index (κ2) is 9.55. The zero-order valence-electron chi connectivity index (χ0n) is 13.4. The van der Waals surface area contributed by atoms with E-state index in [1.54, 1.807) is 0 Å². The van der Waals surface area contributed by atoms with Crippen LogP contribution < -0.4 is 0 Å². The van der Waals surface area contributed by atoms with Crippen LogP contribution in [0.4, 0.5) is 0 Å². The molecule has 2 fully saturated rings. The molecule has 0 aromatic rings. The Morgan fingerprint density at radius 1 is 1.00 bits per heavy atom. The van der Waals surface area contributed by atoms with E-state index in [9.17, 15) is 4.79 Å². The molecule has 0 N–H and O–H groups in total. The molecule has 3 unspecified atom stereocenters. The molecule has 0 amide bonds. The zero-order chi connectivity index (χ0) is 14.1. The number of hydrogen-bond acceptors (Lipinski definition) is 1. The predicted molar refractivity (Wildman–Crippen MR) is 83.3 cm³/mol. The van der Waals surface area contributed by atoms with Crippen molar-refractivity contribution < 1.29 is 4.79 Å². The van der Waals surface area contributed by atoms with Crippen molar-refractivity contribution in [2.45, 2.75) is 91.4 Å². The molecule has 0 aromatic carbocycles. The number of rotatable bonds is 3. The number of carbonyl (C=O) groups excluding carboxylic acids is 1. The van der Waals surface area contributed by atoms with Crippen LogP contribution in [0.5, 0.6) is 0 Å². The molecule has 0 heterocycles. The van der Waals surface area contributed by atoms with E-state index in [-0.39, 0.29) is 0 Å². The van der Waals surface area contributed by atoms with Gasteiger partial charge in [-0.3, -0.25) is 4.79 Å². The molecule has 0 spiro atoms. The van der Waals surface area contributed by atoms with Crippen molar-refractivity contribution in [3.8, 4) is 0 Å². The Labute approximate surface area is 120 Å². The summed E-state index contributed by atoms with van der Waals surface area (Å²) in [5, 5.41) is 0. The van der Waals surface area contributed by atoms with Gasteiger partial charge in [0.05, 0.1) is 0 Å². The van der Waals surface area contributed by atoms with Crippen LogP contribution >= 0.6 is 0 Å². The fourth-order valence-corrected chi connectivity index (χ4v) is 3.81. The summed E-state index contributed by atoms with van der Waals surface area (Å²) in [4.78, 5) is 10.7. The van der Waals surface area contributed by atoms with Gasteiger partial charge in [-0.2, -0.15) is 0 Å². The molecule has 0 aliphatic heterocycles. The second-order valence-corrected chi connectivity index (χ2v) is 6.74. The van der Waals surface area contributed by atoms with Crippen LogP contribution in [0.15, 0.2) is 0 Å². The van der Waals surface area contributed by atoms with Crippen molar-refractivity contribution in [2.75, 3.05) is 0 Å². The molecular weight excluding hydrogens is 232 g/mol. The monoisotopic (exact) mass is 266 g/mol. The number of Topliss-reactive ketones (excluding diaryl/α,β-unsaturated/α-hetero) is 1. The van der Waals surface area contributed by atoms with E-state index in [1.807, 2.05) is 0 Å². The third-order valence-electron chi connectivity index (χ3n) is 4.98. The molecule has 3 atom stereocenters. The first kappa shape index (κ1) is 16.7. The molecule has 0 bridgehead atoms. The molecule has 112 valence electrons. The van der Waals surface area contributed by atoms with E-state index >= 15 is 0 Å². The normalized spacial score (nSPS) is 31.5. The number of ketones is 1. The molecular formula is C18H34O. The Morgan fingerprint density at radius 3 is 2.16 bits per heavy atom. The van der Waals surface area contributed by atoms with Crippen molar-refractivity contribution in [3.63, 3.8) is 0 Å². The quantitative estimate of drug-likeness (QED) is 0.634. The van der Waals surface area contributed by atoms with Gasteiger partial charge in [-0.05, 0) is 30.6 Å². The van der Waals surface area contributed by atoms with Crippen LogP contribution in [0.1, 0.15) is 91.4 Å². The molecule has 0 saturated heterocycles. The van der Waals surface area contributed by atoms with Crippen LogP contribution in [-0.2, 0) is 4.79 Å². The minimum absolute atomic E-state index is 0.462. The average Bonchev–Trinajstić information content (AvgIpc) is 2.40. The van der Waals surface area contributed by atoms with Gasteiger partial charge in [-0.1, -0.05) is 65.7 Å². The van der Waals surface area contributed by atoms with Gasteiger partial charge in [0.1, 0.15) is 5.78 Å². The maximum atomic E-state index is 10.7. The topological polar surface area (TPSA) is 17.1 Å². The van der Waals surface area contributed by atoms with Crippen molar-refractivity contribution >= 4 is 5.78 Å². The standard InChI is InChI=1S/C11H22.C7H12O/c1-3-7-11-9-6-5-8-10(11)4-2;1-6-3-2-4-7(8)5-6/h10-11H,3-9H2,1-2H3;6H,2-5H2,1H3. The van der Waals surface area contributed by atoms with Crippen molar-refractivity contribution in [1.29, 1.82) is 0 Å². The van der Waals surface area contributed by atoms with Crippen LogP contribution in [0.2, 0.25) is 0 Å². The van der Waals surface area contributed by atoms with Gasteiger partial charge in [0.25, 0.3) is 0 Å². The predicted octanol–water partition coefficient (Wildman–Crippen LogP) is 5.77. The molecule has 1 nitrogen and oxygen atoms in total. The third-order valence-corrected chi connectivity index (χ3v) is 4.98. The summed E-state index contributed by atoms with van der Waals surface area (Å²) in [5.41, 5.74) is 0. The minimum Gasteiger partial charge on any atom is -0.300 e. The molecule has 1 heteroatoms. The lowest BCUT2D eigenvalue weighted by atomic mass is 9.76. The first-order chi connectivity index (χ1) is 9.17. The average molecular weight is 266 g/mol. The zero-order valence-corrected chi connectivity index (χ0v) is 13.4. The van der Waals surface area contributed by atoms with E-state index in [0.29, 0.717) is 11.7 Å². The highest BCUT2D eigenvalue weighted by atomic mass is 16.1. The summed E-state index contributed by atoms with van der Waals surface area (Å²) in [5.74, 6) is 3.28. The summed E-state index contributed by atoms with van der Waals surface area (Å²) >= 11 is 0. The second-order valence-electron chi connectivity index (χ2n) is 6.74. The SMILES string of the molecule is CC1CCCC(=O)C1.CCCC1CCCCC1CC. The van der Waals surface area contributed by atoms with Gasteiger partial charge < -0.3 is 0 Å². The van der Waals surface area contributed by atoms with E-state index in [4.69, 9.17) is 0 Å². The molecule has 19 heavy (non-hydrogen) atoms. The van der Waals surface area contributed by atoms with E-state index < -0.39 is 0 Å². The molecule has 2 saturated carbocycles. The largest absolute Gasteiger partial charge is 0.300 e. The van der Waals surface area contributed by atoms with Gasteiger partial charge in [-0.15, -0.1) is 0 Å². The molecule has 0 aromatic heterocycles. The highest BCUT2D eigenvalue weighted by Crippen LogP contribution is 2.34. The van der Waals surface area contributed by atoms with Gasteiger partial charge >= 0.3 is 0 Å². The summed E-state index contributed by atoms with van der Waals surface area (Å²) in [6.45, 7) is 6.83. The van der Waals surface area contributed by atoms with Crippen molar-refractivity contribution in [3.05, 3.63) is 0 Å². The highest BCUT2D eigenvalue weighted by Gasteiger charge is 2.22. The summed E-state index contributed by atoms with van der Waals surface area (Å²) in [6.07, 6.45) is 14.4. The van der Waals surface area contributed by atoms with Crippen LogP contribution in [-0.4, -0.2) is 5.78 Å². The first-order valence-electron chi connectivity index (χ1n) is 8.69. The maximum absolute atomic E-state index is 10.7. The molecule has 2 aliphatic rings. The Hall–Kier alpha value is -0.330. The van der Waals surface area contributed by atoms with E-state index in [1.165, 1.54) is 51.4 Å². The molecule has 0 radical (unpaired) electrons. The summed E-state index contributed by atoms with van der Waals surface area (Å²) < 4.78 is 0. The lowest BCUT2D eigenvalue weighted by Crippen LogP contribution is -2.18. The smallest absolute Gasteiger partial charge is 0.133 e. The lowest BCUT2D eigenvalue weighted by molar-refractivity contribution is -0.121. The molecule has 2 aliphatic carbocycles. The van der Waals surface area contributed by atoms with E-state index in [0.717, 1.165) is 31.1 Å². The van der Waals surface area contributed by atoms with Gasteiger partial charge in [0, 0.05) is 12.8 Å². The first-order valence-corrected chi connectivity index (χ1v) is 8.69. The summed E-state index contributed by atoms with van der Waals surface area (Å²) in [7, 11) is 0. The van der Waals surface area contributed by atoms with Crippen LogP contribution in [0.3, 0.4) is 0 Å². The van der Waals surface area contributed by atoms with Crippen LogP contribution in [0, 0.1) is 17.8 Å². The van der Waals surface area contributed by atoms with Gasteiger partial charge in [0.2, 0.25) is 0 Å². The summed E-state index contributed by atoms with van der Waals surface area (Å²) in [6, 6.07) is 0. The highest BCUT2D eigenvalue weighted by molar-refractivity contribution is 5.79. The molecule has 2 rings (SSSR count). The van der Waals surface area contributed by atoms with Gasteiger partial charge in [-0.25, -0.2) is 0 Å². The number of carbonyl (C=O) groups is 1. The minimum atomic E-state index is 0.462.